The van der Waals surface area contributed by atoms with Crippen molar-refractivity contribution < 1.29 is 0 Å². The smallest absolute Gasteiger partial charge is 0.111 e. The molecular weight excluding hydrogens is 312 g/mol. The second-order valence-corrected chi connectivity index (χ2v) is 23.0. The molecule has 0 aliphatic carbocycles. The van der Waals surface area contributed by atoms with E-state index in [0.29, 0.717) is 0 Å². The summed E-state index contributed by atoms with van der Waals surface area (Å²) >= 11 is 7.83. The summed E-state index contributed by atoms with van der Waals surface area (Å²) in [6.07, 6.45) is 4.38. The van der Waals surface area contributed by atoms with Gasteiger partial charge >= 0.3 is 0 Å². The van der Waals surface area contributed by atoms with Crippen molar-refractivity contribution in [2.75, 3.05) is 0 Å². The number of unbranched alkanes of at least 4 members (excludes halogenated alkanes) is 1. The number of hydrogen-bond acceptors (Lipinski definition) is 0. The lowest BCUT2D eigenvalue weighted by molar-refractivity contribution is 0.862. The summed E-state index contributed by atoms with van der Waals surface area (Å²) in [6, 6.07) is 4.68. The molecule has 1 rings (SSSR count). The molecule has 1 unspecified atom stereocenters. The van der Waals surface area contributed by atoms with E-state index in [1.807, 2.05) is 0 Å². The Morgan fingerprint density at radius 3 is 2.75 bits per heavy atom. The number of rotatable bonds is 3. The SMILES string of the molecule is CCCC[SiH]1CCC[Si](Br)(Br)C1. The van der Waals surface area contributed by atoms with Crippen molar-refractivity contribution in [2.45, 2.75) is 50.0 Å². The fourth-order valence-electron chi connectivity index (χ4n) is 2.02. The van der Waals surface area contributed by atoms with Gasteiger partial charge in [0, 0.05) is 8.80 Å². The summed E-state index contributed by atoms with van der Waals surface area (Å²) in [5.41, 5.74) is 1.59. The van der Waals surface area contributed by atoms with Crippen LogP contribution in [0.3, 0.4) is 0 Å². The van der Waals surface area contributed by atoms with Crippen LogP contribution in [0.4, 0.5) is 0 Å². The van der Waals surface area contributed by atoms with Gasteiger partial charge in [-0.25, -0.2) is 0 Å². The quantitative estimate of drug-likeness (QED) is 0.538. The molecule has 1 saturated heterocycles. The lowest BCUT2D eigenvalue weighted by atomic mass is 10.4. The predicted molar refractivity (Wildman–Crippen MR) is 69.5 cm³/mol. The van der Waals surface area contributed by atoms with Crippen LogP contribution >= 0.6 is 30.6 Å². The van der Waals surface area contributed by atoms with Crippen LogP contribution in [0.2, 0.25) is 23.8 Å². The lowest BCUT2D eigenvalue weighted by Gasteiger charge is -2.29. The highest BCUT2D eigenvalue weighted by Gasteiger charge is 2.34. The Bertz CT molecular complexity index is 139. The molecule has 1 aliphatic rings. The largest absolute Gasteiger partial charge is 0.198 e. The van der Waals surface area contributed by atoms with Gasteiger partial charge in [0.1, 0.15) is 0 Å². The van der Waals surface area contributed by atoms with E-state index in [1.165, 1.54) is 25.3 Å². The topological polar surface area (TPSA) is 0 Å². The first-order chi connectivity index (χ1) is 5.64. The first-order valence-corrected chi connectivity index (χ1v) is 14.4. The molecule has 0 radical (unpaired) electrons. The van der Waals surface area contributed by atoms with Crippen molar-refractivity contribution in [2.24, 2.45) is 0 Å². The maximum absolute atomic E-state index is 3.92. The molecule has 1 fully saturated rings. The van der Waals surface area contributed by atoms with Gasteiger partial charge in [-0.15, -0.1) is 30.6 Å². The van der Waals surface area contributed by atoms with Crippen LogP contribution in [-0.2, 0) is 0 Å². The van der Waals surface area contributed by atoms with Crippen LogP contribution in [-0.4, -0.2) is 14.1 Å². The molecule has 1 atom stereocenters. The second-order valence-electron chi connectivity index (χ2n) is 3.96. The third-order valence-corrected chi connectivity index (χ3v) is 19.1. The van der Waals surface area contributed by atoms with Gasteiger partial charge < -0.3 is 0 Å². The predicted octanol–water partition coefficient (Wildman–Crippen LogP) is 4.19. The molecule has 0 saturated carbocycles. The Hall–Kier alpha value is 1.39. The molecule has 12 heavy (non-hydrogen) atoms. The Balaban J connectivity index is 2.26. The average molecular weight is 330 g/mol. The zero-order valence-corrected chi connectivity index (χ0v) is 13.1. The summed E-state index contributed by atoms with van der Waals surface area (Å²) in [4.78, 5) is 0. The van der Waals surface area contributed by atoms with E-state index in [9.17, 15) is 0 Å². The fourth-order valence-corrected chi connectivity index (χ4v) is 21.0. The lowest BCUT2D eigenvalue weighted by Crippen LogP contribution is -2.32. The Kier molecular flexibility index (Phi) is 5.08. The van der Waals surface area contributed by atoms with Gasteiger partial charge in [-0.05, 0) is 11.7 Å². The van der Waals surface area contributed by atoms with Crippen LogP contribution < -0.4 is 0 Å². The number of hydrogen-bond donors (Lipinski definition) is 0. The van der Waals surface area contributed by atoms with Gasteiger partial charge in [0.05, 0.1) is 0 Å². The van der Waals surface area contributed by atoms with Crippen molar-refractivity contribution in [3.8, 4) is 0 Å². The minimum Gasteiger partial charge on any atom is -0.111 e. The normalized spacial score (nSPS) is 28.8. The summed E-state index contributed by atoms with van der Waals surface area (Å²) in [5.74, 6) is 0. The Morgan fingerprint density at radius 1 is 1.42 bits per heavy atom. The molecule has 0 N–H and O–H groups in total. The first kappa shape index (κ1) is 11.5. The molecule has 4 heteroatoms. The minimum atomic E-state index is -1.02. The van der Waals surface area contributed by atoms with Gasteiger partial charge in [0.15, 0.2) is 5.31 Å². The van der Waals surface area contributed by atoms with E-state index in [-0.39, 0.29) is 8.80 Å². The highest BCUT2D eigenvalue weighted by atomic mass is 79.9. The van der Waals surface area contributed by atoms with E-state index in [1.54, 1.807) is 17.8 Å². The molecule has 0 spiro atoms. The van der Waals surface area contributed by atoms with Crippen molar-refractivity contribution >= 4 is 44.7 Å². The molecule has 0 aromatic heterocycles. The zero-order chi connectivity index (χ0) is 9.03. The maximum Gasteiger partial charge on any atom is 0.198 e. The van der Waals surface area contributed by atoms with Crippen LogP contribution in [0.15, 0.2) is 0 Å². The van der Waals surface area contributed by atoms with E-state index >= 15 is 0 Å². The number of halogens is 2. The van der Waals surface area contributed by atoms with Gasteiger partial charge in [-0.1, -0.05) is 38.3 Å². The molecular formula is C8H18Br2Si2. The highest BCUT2D eigenvalue weighted by Crippen LogP contribution is 2.39. The van der Waals surface area contributed by atoms with Crippen molar-refractivity contribution in [3.05, 3.63) is 0 Å². The monoisotopic (exact) mass is 328 g/mol. The van der Waals surface area contributed by atoms with Crippen LogP contribution in [0.25, 0.3) is 0 Å². The third-order valence-electron chi connectivity index (χ3n) is 2.71. The molecule has 0 aromatic rings. The summed E-state index contributed by atoms with van der Waals surface area (Å²) in [6.45, 7) is 2.31. The highest BCUT2D eigenvalue weighted by molar-refractivity contribution is 9.51. The van der Waals surface area contributed by atoms with Crippen molar-refractivity contribution in [3.63, 3.8) is 0 Å². The van der Waals surface area contributed by atoms with Gasteiger partial charge in [-0.2, -0.15) is 0 Å². The molecule has 0 nitrogen and oxygen atoms in total. The van der Waals surface area contributed by atoms with Crippen LogP contribution in [0.5, 0.6) is 0 Å². The van der Waals surface area contributed by atoms with E-state index in [2.05, 4.69) is 37.5 Å². The average Bonchev–Trinajstić information content (AvgIpc) is 1.99. The Morgan fingerprint density at radius 2 is 2.17 bits per heavy atom. The molecule has 0 bridgehead atoms. The van der Waals surface area contributed by atoms with E-state index in [0.717, 1.165) is 0 Å². The Labute approximate surface area is 94.3 Å². The second kappa shape index (κ2) is 5.32. The first-order valence-electron chi connectivity index (χ1n) is 5.02. The fraction of sp³-hybridized carbons (Fsp3) is 1.00. The van der Waals surface area contributed by atoms with Gasteiger partial charge in [0.2, 0.25) is 0 Å². The summed E-state index contributed by atoms with van der Waals surface area (Å²) in [5, 5.41) is -1.02. The summed E-state index contributed by atoms with van der Waals surface area (Å²) in [7, 11) is -0.301. The van der Waals surface area contributed by atoms with Gasteiger partial charge in [0.25, 0.3) is 0 Å². The zero-order valence-electron chi connectivity index (χ0n) is 7.78. The van der Waals surface area contributed by atoms with Gasteiger partial charge in [-0.3, -0.25) is 0 Å². The van der Waals surface area contributed by atoms with Crippen molar-refractivity contribution in [1.82, 2.24) is 0 Å². The maximum atomic E-state index is 3.92. The van der Waals surface area contributed by atoms with E-state index < -0.39 is 5.31 Å². The van der Waals surface area contributed by atoms with Crippen LogP contribution in [0, 0.1) is 0 Å². The van der Waals surface area contributed by atoms with Crippen molar-refractivity contribution in [1.29, 1.82) is 0 Å². The third kappa shape index (κ3) is 4.07. The molecule has 0 amide bonds. The molecule has 1 heterocycles. The standard InChI is InChI=1S/C8H18Br2Si2/c1-2-3-5-11-6-4-7-12(9,10)8-11/h11H,2-8H2,1H3. The summed E-state index contributed by atoms with van der Waals surface area (Å²) < 4.78 is 0. The minimum absolute atomic E-state index is 0.301. The molecule has 72 valence electrons. The van der Waals surface area contributed by atoms with Crippen LogP contribution in [0.1, 0.15) is 26.2 Å². The molecule has 0 aromatic carbocycles. The molecule has 1 aliphatic heterocycles. The van der Waals surface area contributed by atoms with E-state index in [4.69, 9.17) is 0 Å².